The van der Waals surface area contributed by atoms with E-state index in [0.717, 1.165) is 6.42 Å². The molecule has 90 valence electrons. The van der Waals surface area contributed by atoms with E-state index < -0.39 is 0 Å². The molecular weight excluding hydrogens is 226 g/mol. The van der Waals surface area contributed by atoms with Gasteiger partial charge in [0.15, 0.2) is 0 Å². The maximum Gasteiger partial charge on any atom is 0.0346 e. The molecule has 0 aliphatic heterocycles. The maximum absolute atomic E-state index is 5.65. The van der Waals surface area contributed by atoms with Crippen LogP contribution in [0.5, 0.6) is 0 Å². The molecule has 1 heterocycles. The molecule has 0 aliphatic carbocycles. The Balaban J connectivity index is 2.26. The molecule has 1 aromatic heterocycles. The standard InChI is InChI=1S/C15H19NS/c1-11(2)8-12-4-3-5-13(9-12)15-7-6-14(10-16)17-15/h3-7,9,11H,8,10,16H2,1-2H3. The lowest BCUT2D eigenvalue weighted by atomic mass is 10.0. The van der Waals surface area contributed by atoms with E-state index in [2.05, 4.69) is 50.2 Å². The molecule has 0 saturated heterocycles. The largest absolute Gasteiger partial charge is 0.326 e. The van der Waals surface area contributed by atoms with Gasteiger partial charge < -0.3 is 5.73 Å². The van der Waals surface area contributed by atoms with Crippen LogP contribution in [0.3, 0.4) is 0 Å². The Kier molecular flexibility index (Phi) is 3.97. The molecule has 0 aliphatic rings. The third kappa shape index (κ3) is 3.18. The molecule has 0 radical (unpaired) electrons. The van der Waals surface area contributed by atoms with Crippen molar-refractivity contribution in [1.82, 2.24) is 0 Å². The molecule has 0 amide bonds. The van der Waals surface area contributed by atoms with Gasteiger partial charge in [0.2, 0.25) is 0 Å². The van der Waals surface area contributed by atoms with Gasteiger partial charge in [-0.2, -0.15) is 0 Å². The summed E-state index contributed by atoms with van der Waals surface area (Å²) in [4.78, 5) is 2.56. The summed E-state index contributed by atoms with van der Waals surface area (Å²) in [5.41, 5.74) is 8.38. The van der Waals surface area contributed by atoms with E-state index in [9.17, 15) is 0 Å². The van der Waals surface area contributed by atoms with Crippen LogP contribution in [0.4, 0.5) is 0 Å². The third-order valence-corrected chi connectivity index (χ3v) is 3.87. The van der Waals surface area contributed by atoms with Crippen molar-refractivity contribution in [3.63, 3.8) is 0 Å². The van der Waals surface area contributed by atoms with Gasteiger partial charge in [-0.15, -0.1) is 11.3 Å². The van der Waals surface area contributed by atoms with E-state index >= 15 is 0 Å². The molecule has 0 atom stereocenters. The zero-order valence-corrected chi connectivity index (χ0v) is 11.3. The van der Waals surface area contributed by atoms with Gasteiger partial charge in [0, 0.05) is 16.3 Å². The van der Waals surface area contributed by atoms with E-state index in [-0.39, 0.29) is 0 Å². The fourth-order valence-corrected chi connectivity index (χ4v) is 2.85. The lowest BCUT2D eigenvalue weighted by Gasteiger charge is -2.06. The van der Waals surface area contributed by atoms with Crippen molar-refractivity contribution in [2.75, 3.05) is 0 Å². The number of hydrogen-bond donors (Lipinski definition) is 1. The molecule has 2 rings (SSSR count). The highest BCUT2D eigenvalue weighted by atomic mass is 32.1. The second kappa shape index (κ2) is 5.48. The zero-order valence-electron chi connectivity index (χ0n) is 10.4. The van der Waals surface area contributed by atoms with Crippen LogP contribution in [-0.4, -0.2) is 0 Å². The monoisotopic (exact) mass is 245 g/mol. The normalized spacial score (nSPS) is 11.1. The van der Waals surface area contributed by atoms with Crippen LogP contribution < -0.4 is 5.73 Å². The van der Waals surface area contributed by atoms with Crippen molar-refractivity contribution in [1.29, 1.82) is 0 Å². The van der Waals surface area contributed by atoms with E-state index in [4.69, 9.17) is 5.73 Å². The van der Waals surface area contributed by atoms with Crippen LogP contribution in [0, 0.1) is 5.92 Å². The summed E-state index contributed by atoms with van der Waals surface area (Å²) in [5.74, 6) is 0.702. The third-order valence-electron chi connectivity index (χ3n) is 2.72. The number of thiophene rings is 1. The summed E-state index contributed by atoms with van der Waals surface area (Å²) in [6.07, 6.45) is 1.14. The second-order valence-corrected chi connectivity index (χ2v) is 5.94. The number of hydrogen-bond acceptors (Lipinski definition) is 2. The Morgan fingerprint density at radius 2 is 2.00 bits per heavy atom. The fourth-order valence-electron chi connectivity index (χ4n) is 1.97. The SMILES string of the molecule is CC(C)Cc1cccc(-c2ccc(CN)s2)c1. The van der Waals surface area contributed by atoms with E-state index in [1.807, 2.05) is 0 Å². The Hall–Kier alpha value is -1.12. The fraction of sp³-hybridized carbons (Fsp3) is 0.333. The highest BCUT2D eigenvalue weighted by Gasteiger charge is 2.04. The van der Waals surface area contributed by atoms with Crippen molar-refractivity contribution in [2.45, 2.75) is 26.8 Å². The van der Waals surface area contributed by atoms with Crippen molar-refractivity contribution in [3.8, 4) is 10.4 Å². The average Bonchev–Trinajstić information content (AvgIpc) is 2.77. The molecule has 1 nitrogen and oxygen atoms in total. The molecular formula is C15H19NS. The van der Waals surface area contributed by atoms with Gasteiger partial charge in [-0.25, -0.2) is 0 Å². The maximum atomic E-state index is 5.65. The lowest BCUT2D eigenvalue weighted by Crippen LogP contribution is -1.93. The summed E-state index contributed by atoms with van der Waals surface area (Å²) in [5, 5.41) is 0. The summed E-state index contributed by atoms with van der Waals surface area (Å²) in [7, 11) is 0. The molecule has 0 fully saturated rings. The van der Waals surface area contributed by atoms with E-state index in [1.54, 1.807) is 11.3 Å². The van der Waals surface area contributed by atoms with Crippen LogP contribution >= 0.6 is 11.3 Å². The number of nitrogens with two attached hydrogens (primary N) is 1. The van der Waals surface area contributed by atoms with Crippen LogP contribution in [0.2, 0.25) is 0 Å². The first-order valence-corrected chi connectivity index (χ1v) is 6.89. The van der Waals surface area contributed by atoms with Gasteiger partial charge in [-0.3, -0.25) is 0 Å². The van der Waals surface area contributed by atoms with Crippen molar-refractivity contribution >= 4 is 11.3 Å². The van der Waals surface area contributed by atoms with Gasteiger partial charge in [0.25, 0.3) is 0 Å². The summed E-state index contributed by atoms with van der Waals surface area (Å²) in [6, 6.07) is 13.1. The molecule has 2 heteroatoms. The highest BCUT2D eigenvalue weighted by Crippen LogP contribution is 2.28. The molecule has 17 heavy (non-hydrogen) atoms. The van der Waals surface area contributed by atoms with E-state index in [0.29, 0.717) is 12.5 Å². The molecule has 1 aromatic carbocycles. The van der Waals surface area contributed by atoms with Gasteiger partial charge in [-0.1, -0.05) is 38.1 Å². The lowest BCUT2D eigenvalue weighted by molar-refractivity contribution is 0.647. The summed E-state index contributed by atoms with van der Waals surface area (Å²) in [6.45, 7) is 5.14. The highest BCUT2D eigenvalue weighted by molar-refractivity contribution is 7.15. The predicted octanol–water partition coefficient (Wildman–Crippen LogP) is 4.07. The van der Waals surface area contributed by atoms with Gasteiger partial charge >= 0.3 is 0 Å². The first kappa shape index (κ1) is 12.3. The second-order valence-electron chi connectivity index (χ2n) is 4.77. The smallest absolute Gasteiger partial charge is 0.0346 e. The minimum absolute atomic E-state index is 0.635. The van der Waals surface area contributed by atoms with Crippen molar-refractivity contribution in [3.05, 3.63) is 46.8 Å². The molecule has 0 spiro atoms. The predicted molar refractivity (Wildman–Crippen MR) is 76.2 cm³/mol. The minimum Gasteiger partial charge on any atom is -0.326 e. The Morgan fingerprint density at radius 3 is 2.65 bits per heavy atom. The Bertz CT molecular complexity index is 485. The van der Waals surface area contributed by atoms with Gasteiger partial charge in [-0.05, 0) is 35.6 Å². The first-order valence-electron chi connectivity index (χ1n) is 6.07. The van der Waals surface area contributed by atoms with Gasteiger partial charge in [0.05, 0.1) is 0 Å². The molecule has 0 bridgehead atoms. The average molecular weight is 245 g/mol. The quantitative estimate of drug-likeness (QED) is 0.863. The van der Waals surface area contributed by atoms with Crippen molar-refractivity contribution in [2.24, 2.45) is 11.7 Å². The minimum atomic E-state index is 0.635. The molecule has 2 N–H and O–H groups in total. The molecule has 0 unspecified atom stereocenters. The summed E-state index contributed by atoms with van der Waals surface area (Å²) < 4.78 is 0. The van der Waals surface area contributed by atoms with Gasteiger partial charge in [0.1, 0.15) is 0 Å². The number of benzene rings is 1. The van der Waals surface area contributed by atoms with Crippen LogP contribution in [0.15, 0.2) is 36.4 Å². The molecule has 2 aromatic rings. The number of rotatable bonds is 4. The van der Waals surface area contributed by atoms with E-state index in [1.165, 1.54) is 20.9 Å². The Morgan fingerprint density at radius 1 is 1.18 bits per heavy atom. The Labute approximate surface area is 107 Å². The summed E-state index contributed by atoms with van der Waals surface area (Å²) >= 11 is 1.79. The van der Waals surface area contributed by atoms with Crippen LogP contribution in [0.1, 0.15) is 24.3 Å². The first-order chi connectivity index (χ1) is 8.19. The van der Waals surface area contributed by atoms with Crippen LogP contribution in [-0.2, 0) is 13.0 Å². The van der Waals surface area contributed by atoms with Crippen molar-refractivity contribution < 1.29 is 0 Å². The van der Waals surface area contributed by atoms with Crippen LogP contribution in [0.25, 0.3) is 10.4 Å². The zero-order chi connectivity index (χ0) is 12.3. The molecule has 0 saturated carbocycles. The topological polar surface area (TPSA) is 26.0 Å².